The maximum absolute atomic E-state index is 12.0. The van der Waals surface area contributed by atoms with Crippen LogP contribution < -0.4 is 11.1 Å². The van der Waals surface area contributed by atoms with E-state index in [1.807, 2.05) is 31.2 Å². The van der Waals surface area contributed by atoms with Crippen LogP contribution in [-0.4, -0.2) is 10.9 Å². The summed E-state index contributed by atoms with van der Waals surface area (Å²) in [5.74, 6) is -0.0423. The molecule has 0 spiro atoms. The van der Waals surface area contributed by atoms with E-state index >= 15 is 0 Å². The Bertz CT molecular complexity index is 650. The molecule has 2 aromatic carbocycles. The van der Waals surface area contributed by atoms with Gasteiger partial charge in [0.2, 0.25) is 5.91 Å². The maximum atomic E-state index is 12.0. The summed E-state index contributed by atoms with van der Waals surface area (Å²) in [7, 11) is 0. The van der Waals surface area contributed by atoms with E-state index in [0.717, 1.165) is 5.56 Å². The zero-order chi connectivity index (χ0) is 15.2. The predicted octanol–water partition coefficient (Wildman–Crippen LogP) is 3.20. The molecule has 3 N–H and O–H groups in total. The number of anilines is 1. The first-order chi connectivity index (χ1) is 10.1. The molecule has 0 radical (unpaired) electrons. The molecule has 108 valence electrons. The van der Waals surface area contributed by atoms with Gasteiger partial charge < -0.3 is 11.1 Å². The van der Waals surface area contributed by atoms with Crippen molar-refractivity contribution in [2.45, 2.75) is 19.8 Å². The van der Waals surface area contributed by atoms with Gasteiger partial charge in [0, 0.05) is 12.0 Å². The topological polar surface area (TPSA) is 55.1 Å². The van der Waals surface area contributed by atoms with Crippen LogP contribution in [0.25, 0.3) is 0 Å². The molecule has 0 aliphatic heterocycles. The van der Waals surface area contributed by atoms with Gasteiger partial charge in [-0.05, 0) is 31.0 Å². The summed E-state index contributed by atoms with van der Waals surface area (Å²) in [6.07, 6.45) is 1.14. The van der Waals surface area contributed by atoms with Gasteiger partial charge in [-0.1, -0.05) is 54.2 Å². The summed E-state index contributed by atoms with van der Waals surface area (Å²) in [4.78, 5) is 12.3. The minimum absolute atomic E-state index is 0.0423. The van der Waals surface area contributed by atoms with Gasteiger partial charge in [0.15, 0.2) is 0 Å². The van der Waals surface area contributed by atoms with Crippen molar-refractivity contribution in [1.82, 2.24) is 0 Å². The average molecular weight is 298 g/mol. The van der Waals surface area contributed by atoms with Crippen molar-refractivity contribution in [3.63, 3.8) is 0 Å². The van der Waals surface area contributed by atoms with Crippen molar-refractivity contribution in [2.75, 3.05) is 5.32 Å². The van der Waals surface area contributed by atoms with E-state index in [1.54, 1.807) is 12.1 Å². The molecule has 0 fully saturated rings. The quantitative estimate of drug-likeness (QED) is 0.833. The first kappa shape index (κ1) is 15.2. The molecule has 0 aromatic heterocycles. The summed E-state index contributed by atoms with van der Waals surface area (Å²) in [5.41, 5.74) is 9.37. The molecule has 2 rings (SSSR count). The molecule has 0 heterocycles. The Kier molecular flexibility index (Phi) is 5.06. The van der Waals surface area contributed by atoms with E-state index in [2.05, 4.69) is 17.4 Å². The second kappa shape index (κ2) is 6.99. The van der Waals surface area contributed by atoms with Crippen molar-refractivity contribution >= 4 is 28.8 Å². The minimum Gasteiger partial charge on any atom is -0.389 e. The van der Waals surface area contributed by atoms with Crippen molar-refractivity contribution in [3.05, 3.63) is 65.2 Å². The lowest BCUT2D eigenvalue weighted by Crippen LogP contribution is -2.17. The van der Waals surface area contributed by atoms with E-state index in [4.69, 9.17) is 18.0 Å². The van der Waals surface area contributed by atoms with Gasteiger partial charge in [0.1, 0.15) is 4.99 Å². The lowest BCUT2D eigenvalue weighted by Gasteiger charge is -2.10. The fraction of sp³-hybridized carbons (Fsp3) is 0.176. The van der Waals surface area contributed by atoms with E-state index in [0.29, 0.717) is 24.1 Å². The number of hydrogen-bond donors (Lipinski definition) is 2. The number of nitrogens with two attached hydrogens (primary N) is 1. The van der Waals surface area contributed by atoms with Crippen LogP contribution in [0.5, 0.6) is 0 Å². The molecule has 0 bridgehead atoms. The van der Waals surface area contributed by atoms with Crippen LogP contribution >= 0.6 is 12.2 Å². The maximum Gasteiger partial charge on any atom is 0.224 e. The number of nitrogens with one attached hydrogen (secondary N) is 1. The summed E-state index contributed by atoms with van der Waals surface area (Å²) in [5, 5.41) is 2.87. The second-order valence-corrected chi connectivity index (χ2v) is 5.38. The Hall–Kier alpha value is -2.20. The first-order valence-corrected chi connectivity index (χ1v) is 7.21. The van der Waals surface area contributed by atoms with Crippen LogP contribution in [0.15, 0.2) is 48.5 Å². The van der Waals surface area contributed by atoms with E-state index in [-0.39, 0.29) is 10.9 Å². The number of carbonyl (C=O) groups excluding carboxylic acids is 1. The second-order valence-electron chi connectivity index (χ2n) is 4.94. The molecule has 0 unspecified atom stereocenters. The van der Waals surface area contributed by atoms with E-state index < -0.39 is 0 Å². The summed E-state index contributed by atoms with van der Waals surface area (Å²) in [6.45, 7) is 2.04. The van der Waals surface area contributed by atoms with Gasteiger partial charge in [-0.15, -0.1) is 0 Å². The van der Waals surface area contributed by atoms with Crippen LogP contribution in [-0.2, 0) is 11.2 Å². The number of aryl methyl sites for hydroxylation is 2. The first-order valence-electron chi connectivity index (χ1n) is 6.80. The lowest BCUT2D eigenvalue weighted by molar-refractivity contribution is -0.116. The third-order valence-electron chi connectivity index (χ3n) is 3.23. The SMILES string of the molecule is Cc1ccc(CCC(=O)Nc2ccccc2C(N)=S)cc1. The largest absolute Gasteiger partial charge is 0.389 e. The normalized spacial score (nSPS) is 10.1. The van der Waals surface area contributed by atoms with Gasteiger partial charge in [0.05, 0.1) is 5.69 Å². The van der Waals surface area contributed by atoms with Crippen molar-refractivity contribution in [1.29, 1.82) is 0 Å². The Balaban J connectivity index is 1.96. The summed E-state index contributed by atoms with van der Waals surface area (Å²) < 4.78 is 0. The average Bonchev–Trinajstić information content (AvgIpc) is 2.47. The highest BCUT2D eigenvalue weighted by Gasteiger charge is 2.08. The van der Waals surface area contributed by atoms with Gasteiger partial charge in [-0.2, -0.15) is 0 Å². The third kappa shape index (κ3) is 4.39. The molecule has 4 heteroatoms. The standard InChI is InChI=1S/C17H18N2OS/c1-12-6-8-13(9-7-12)10-11-16(20)19-15-5-3-2-4-14(15)17(18)21/h2-9H,10-11H2,1H3,(H2,18,21)(H,19,20). The van der Waals surface area contributed by atoms with Crippen LogP contribution in [0.3, 0.4) is 0 Å². The third-order valence-corrected chi connectivity index (χ3v) is 3.45. The molecule has 0 atom stereocenters. The Morgan fingerprint density at radius 2 is 1.81 bits per heavy atom. The Morgan fingerprint density at radius 1 is 1.14 bits per heavy atom. The molecule has 0 saturated carbocycles. The zero-order valence-electron chi connectivity index (χ0n) is 11.9. The van der Waals surface area contributed by atoms with Gasteiger partial charge in [-0.3, -0.25) is 4.79 Å². The fourth-order valence-electron chi connectivity index (χ4n) is 2.03. The molecular weight excluding hydrogens is 280 g/mol. The molecule has 0 saturated heterocycles. The van der Waals surface area contributed by atoms with Crippen molar-refractivity contribution < 1.29 is 4.79 Å². The smallest absolute Gasteiger partial charge is 0.224 e. The molecular formula is C17H18N2OS. The Morgan fingerprint density at radius 3 is 2.48 bits per heavy atom. The molecule has 2 aromatic rings. The predicted molar refractivity (Wildman–Crippen MR) is 90.5 cm³/mol. The molecule has 1 amide bonds. The van der Waals surface area contributed by atoms with Crippen LogP contribution in [0.2, 0.25) is 0 Å². The highest BCUT2D eigenvalue weighted by atomic mass is 32.1. The van der Waals surface area contributed by atoms with E-state index in [1.165, 1.54) is 5.56 Å². The van der Waals surface area contributed by atoms with Crippen LogP contribution in [0, 0.1) is 6.92 Å². The number of amides is 1. The zero-order valence-corrected chi connectivity index (χ0v) is 12.7. The summed E-state index contributed by atoms with van der Waals surface area (Å²) in [6, 6.07) is 15.5. The number of thiocarbonyl (C=S) groups is 1. The number of para-hydroxylation sites is 1. The lowest BCUT2D eigenvalue weighted by atomic mass is 10.1. The number of hydrogen-bond acceptors (Lipinski definition) is 2. The van der Waals surface area contributed by atoms with Crippen LogP contribution in [0.1, 0.15) is 23.1 Å². The molecule has 0 aliphatic rings. The van der Waals surface area contributed by atoms with Gasteiger partial charge >= 0.3 is 0 Å². The molecule has 3 nitrogen and oxygen atoms in total. The molecule has 21 heavy (non-hydrogen) atoms. The number of carbonyl (C=O) groups is 1. The Labute approximate surface area is 130 Å². The summed E-state index contributed by atoms with van der Waals surface area (Å²) >= 11 is 4.98. The number of rotatable bonds is 5. The number of benzene rings is 2. The minimum atomic E-state index is -0.0423. The van der Waals surface area contributed by atoms with E-state index in [9.17, 15) is 4.79 Å². The van der Waals surface area contributed by atoms with Crippen LogP contribution in [0.4, 0.5) is 5.69 Å². The van der Waals surface area contributed by atoms with Gasteiger partial charge in [-0.25, -0.2) is 0 Å². The van der Waals surface area contributed by atoms with Crippen molar-refractivity contribution in [2.24, 2.45) is 5.73 Å². The monoisotopic (exact) mass is 298 g/mol. The highest BCUT2D eigenvalue weighted by Crippen LogP contribution is 2.15. The van der Waals surface area contributed by atoms with Gasteiger partial charge in [0.25, 0.3) is 0 Å². The molecule has 0 aliphatic carbocycles. The highest BCUT2D eigenvalue weighted by molar-refractivity contribution is 7.80. The van der Waals surface area contributed by atoms with Crippen molar-refractivity contribution in [3.8, 4) is 0 Å². The fourth-order valence-corrected chi connectivity index (χ4v) is 2.21.